The molecular weight excluding hydrogens is 313 g/mol. The van der Waals surface area contributed by atoms with Crippen molar-refractivity contribution in [2.45, 2.75) is 6.92 Å². The molecule has 126 valence electrons. The van der Waals surface area contributed by atoms with Gasteiger partial charge in [0.1, 0.15) is 11.6 Å². The van der Waals surface area contributed by atoms with E-state index in [9.17, 15) is 14.0 Å². The molecule has 0 atom stereocenters. The first kappa shape index (κ1) is 17.3. The van der Waals surface area contributed by atoms with Gasteiger partial charge in [-0.15, -0.1) is 0 Å². The van der Waals surface area contributed by atoms with E-state index in [1.54, 1.807) is 6.07 Å². The largest absolute Gasteiger partial charge is 0.494 e. The van der Waals surface area contributed by atoms with Crippen LogP contribution in [0.15, 0.2) is 42.5 Å². The summed E-state index contributed by atoms with van der Waals surface area (Å²) in [6.07, 6.45) is 0. The molecule has 0 saturated heterocycles. The Balaban J connectivity index is 1.86. The van der Waals surface area contributed by atoms with E-state index < -0.39 is 17.8 Å². The number of amides is 3. The molecule has 0 aromatic heterocycles. The molecule has 0 heterocycles. The molecule has 0 spiro atoms. The average Bonchev–Trinajstić information content (AvgIpc) is 2.54. The van der Waals surface area contributed by atoms with Gasteiger partial charge in [-0.2, -0.15) is 0 Å². The van der Waals surface area contributed by atoms with E-state index in [4.69, 9.17) is 4.74 Å². The van der Waals surface area contributed by atoms with Gasteiger partial charge in [0, 0.05) is 11.8 Å². The predicted octanol–water partition coefficient (Wildman–Crippen LogP) is 2.90. The van der Waals surface area contributed by atoms with Gasteiger partial charge in [-0.05, 0) is 36.8 Å². The van der Waals surface area contributed by atoms with Crippen molar-refractivity contribution in [3.8, 4) is 5.75 Å². The molecule has 24 heavy (non-hydrogen) atoms. The molecule has 0 aliphatic heterocycles. The minimum atomic E-state index is -0.498. The van der Waals surface area contributed by atoms with Gasteiger partial charge >= 0.3 is 6.03 Å². The third-order valence-electron chi connectivity index (χ3n) is 3.12. The summed E-state index contributed by atoms with van der Waals surface area (Å²) in [6.45, 7) is 1.67. The minimum absolute atomic E-state index is 0.201. The van der Waals surface area contributed by atoms with Crippen LogP contribution in [0.1, 0.15) is 5.56 Å². The molecule has 2 aromatic rings. The lowest BCUT2D eigenvalue weighted by Gasteiger charge is -2.11. The molecule has 6 nitrogen and oxygen atoms in total. The van der Waals surface area contributed by atoms with E-state index in [0.717, 1.165) is 11.6 Å². The highest BCUT2D eigenvalue weighted by Gasteiger charge is 2.10. The van der Waals surface area contributed by atoms with Crippen molar-refractivity contribution in [3.05, 3.63) is 53.8 Å². The second-order valence-electron chi connectivity index (χ2n) is 5.07. The van der Waals surface area contributed by atoms with E-state index in [-0.39, 0.29) is 12.3 Å². The van der Waals surface area contributed by atoms with Gasteiger partial charge in [0.2, 0.25) is 5.91 Å². The van der Waals surface area contributed by atoms with Crippen LogP contribution in [0.5, 0.6) is 5.75 Å². The van der Waals surface area contributed by atoms with Gasteiger partial charge in [-0.25, -0.2) is 9.18 Å². The smallest absolute Gasteiger partial charge is 0.319 e. The van der Waals surface area contributed by atoms with Crippen molar-refractivity contribution in [1.29, 1.82) is 0 Å². The van der Waals surface area contributed by atoms with Gasteiger partial charge < -0.3 is 20.7 Å². The number of nitrogens with one attached hydrogen (secondary N) is 3. The number of carbonyl (C=O) groups excluding carboxylic acids is 2. The number of methoxy groups -OCH3 is 1. The molecule has 3 N–H and O–H groups in total. The summed E-state index contributed by atoms with van der Waals surface area (Å²) in [6, 6.07) is 10.5. The topological polar surface area (TPSA) is 79.5 Å². The lowest BCUT2D eigenvalue weighted by Crippen LogP contribution is -2.35. The van der Waals surface area contributed by atoms with Crippen LogP contribution < -0.4 is 20.7 Å². The highest BCUT2D eigenvalue weighted by molar-refractivity contribution is 5.97. The summed E-state index contributed by atoms with van der Waals surface area (Å²) < 4.78 is 18.1. The molecule has 0 bridgehead atoms. The van der Waals surface area contributed by atoms with Crippen molar-refractivity contribution in [3.63, 3.8) is 0 Å². The number of aryl methyl sites for hydroxylation is 1. The molecule has 0 aliphatic carbocycles. The van der Waals surface area contributed by atoms with Gasteiger partial charge in [0.25, 0.3) is 0 Å². The second kappa shape index (κ2) is 7.96. The second-order valence-corrected chi connectivity index (χ2v) is 5.07. The van der Waals surface area contributed by atoms with Crippen LogP contribution >= 0.6 is 0 Å². The third kappa shape index (κ3) is 4.98. The molecule has 0 fully saturated rings. The average molecular weight is 331 g/mol. The monoisotopic (exact) mass is 331 g/mol. The van der Waals surface area contributed by atoms with Crippen LogP contribution in [-0.2, 0) is 4.79 Å². The van der Waals surface area contributed by atoms with E-state index in [2.05, 4.69) is 16.0 Å². The molecule has 7 heteroatoms. The Hall–Kier alpha value is -3.09. The first-order valence-electron chi connectivity index (χ1n) is 7.23. The van der Waals surface area contributed by atoms with Crippen LogP contribution in [0, 0.1) is 12.7 Å². The molecule has 0 unspecified atom stereocenters. The summed E-state index contributed by atoms with van der Waals surface area (Å²) >= 11 is 0. The standard InChI is InChI=1S/C17H18FN3O3/c1-11-4-3-5-13(8-11)20-17(23)19-10-16(22)21-14-7-6-12(18)9-15(14)24-2/h3-9H,10H2,1-2H3,(H,21,22)(H2,19,20,23). The Morgan fingerprint density at radius 1 is 1.12 bits per heavy atom. The predicted molar refractivity (Wildman–Crippen MR) is 89.8 cm³/mol. The molecule has 2 rings (SSSR count). The molecule has 2 aromatic carbocycles. The summed E-state index contributed by atoms with van der Waals surface area (Å²) in [5, 5.41) is 7.61. The maximum Gasteiger partial charge on any atom is 0.319 e. The van der Waals surface area contributed by atoms with Gasteiger partial charge in [-0.3, -0.25) is 4.79 Å². The fourth-order valence-electron chi connectivity index (χ4n) is 2.02. The number of carbonyl (C=O) groups is 2. The number of hydrogen-bond acceptors (Lipinski definition) is 3. The van der Waals surface area contributed by atoms with Gasteiger partial charge in [0.05, 0.1) is 19.3 Å². The highest BCUT2D eigenvalue weighted by atomic mass is 19.1. The van der Waals surface area contributed by atoms with E-state index in [0.29, 0.717) is 11.4 Å². The molecule has 0 aliphatic rings. The normalized spacial score (nSPS) is 9.96. The van der Waals surface area contributed by atoms with Crippen LogP contribution in [0.25, 0.3) is 0 Å². The number of hydrogen-bond donors (Lipinski definition) is 3. The number of anilines is 2. The Kier molecular flexibility index (Phi) is 5.73. The van der Waals surface area contributed by atoms with E-state index in [1.165, 1.54) is 19.2 Å². The Labute approximate surface area is 139 Å². The zero-order valence-electron chi connectivity index (χ0n) is 13.4. The SMILES string of the molecule is COc1cc(F)ccc1NC(=O)CNC(=O)Nc1cccc(C)c1. The van der Waals surface area contributed by atoms with Gasteiger partial charge in [-0.1, -0.05) is 12.1 Å². The number of ether oxygens (including phenoxy) is 1. The maximum absolute atomic E-state index is 13.1. The maximum atomic E-state index is 13.1. The summed E-state index contributed by atoms with van der Waals surface area (Å²) in [7, 11) is 1.37. The summed E-state index contributed by atoms with van der Waals surface area (Å²) in [5.41, 5.74) is 1.96. The minimum Gasteiger partial charge on any atom is -0.494 e. The van der Waals surface area contributed by atoms with Crippen molar-refractivity contribution < 1.29 is 18.7 Å². The Morgan fingerprint density at radius 3 is 2.62 bits per heavy atom. The van der Waals surface area contributed by atoms with E-state index in [1.807, 2.05) is 25.1 Å². The number of urea groups is 1. The third-order valence-corrected chi connectivity index (χ3v) is 3.12. The zero-order valence-corrected chi connectivity index (χ0v) is 13.4. The van der Waals surface area contributed by atoms with Crippen molar-refractivity contribution >= 4 is 23.3 Å². The summed E-state index contributed by atoms with van der Waals surface area (Å²) in [5.74, 6) is -0.729. The Bertz CT molecular complexity index is 750. The van der Waals surface area contributed by atoms with Gasteiger partial charge in [0.15, 0.2) is 0 Å². The first-order chi connectivity index (χ1) is 11.5. The number of halogens is 1. The number of rotatable bonds is 5. The Morgan fingerprint density at radius 2 is 1.92 bits per heavy atom. The number of benzene rings is 2. The van der Waals surface area contributed by atoms with Crippen molar-refractivity contribution in [1.82, 2.24) is 5.32 Å². The molecule has 0 saturated carbocycles. The van der Waals surface area contributed by atoms with Crippen LogP contribution in [0.4, 0.5) is 20.6 Å². The first-order valence-corrected chi connectivity index (χ1v) is 7.23. The summed E-state index contributed by atoms with van der Waals surface area (Å²) in [4.78, 5) is 23.6. The zero-order chi connectivity index (χ0) is 17.5. The van der Waals surface area contributed by atoms with Crippen LogP contribution in [0.3, 0.4) is 0 Å². The van der Waals surface area contributed by atoms with Crippen LogP contribution in [-0.4, -0.2) is 25.6 Å². The quantitative estimate of drug-likeness (QED) is 0.788. The lowest BCUT2D eigenvalue weighted by molar-refractivity contribution is -0.115. The molecule has 3 amide bonds. The highest BCUT2D eigenvalue weighted by Crippen LogP contribution is 2.24. The lowest BCUT2D eigenvalue weighted by atomic mass is 10.2. The molecular formula is C17H18FN3O3. The molecule has 0 radical (unpaired) electrons. The fourth-order valence-corrected chi connectivity index (χ4v) is 2.02. The van der Waals surface area contributed by atoms with Crippen molar-refractivity contribution in [2.24, 2.45) is 0 Å². The fraction of sp³-hybridized carbons (Fsp3) is 0.176. The van der Waals surface area contributed by atoms with Crippen molar-refractivity contribution in [2.75, 3.05) is 24.3 Å². The van der Waals surface area contributed by atoms with Crippen LogP contribution in [0.2, 0.25) is 0 Å². The van der Waals surface area contributed by atoms with E-state index >= 15 is 0 Å².